The molecule has 0 saturated heterocycles. The first-order valence-corrected chi connectivity index (χ1v) is 8.96. The molecule has 0 saturated carbocycles. The predicted molar refractivity (Wildman–Crippen MR) is 101 cm³/mol. The second-order valence-electron chi connectivity index (χ2n) is 5.85. The van der Waals surface area contributed by atoms with Gasteiger partial charge in [0.25, 0.3) is 0 Å². The first kappa shape index (κ1) is 18.6. The number of rotatable bonds is 5. The Kier molecular flexibility index (Phi) is 5.43. The maximum Gasteiger partial charge on any atom is 0.246 e. The zero-order chi connectivity index (χ0) is 18.8. The number of halogens is 3. The predicted octanol–water partition coefficient (Wildman–Crippen LogP) is 3.94. The molecule has 0 spiro atoms. The first-order valence-electron chi connectivity index (χ1n) is 7.79. The first-order chi connectivity index (χ1) is 12.3. The van der Waals surface area contributed by atoms with Crippen molar-refractivity contribution < 1.29 is 9.18 Å². The number of carbonyl (C=O) groups is 1. The number of amides is 1. The van der Waals surface area contributed by atoms with E-state index in [9.17, 15) is 9.18 Å². The summed E-state index contributed by atoms with van der Waals surface area (Å²) in [6.45, 7) is 4.24. The number of nitrogens with zero attached hydrogens (tertiary/aromatic N) is 4. The molecule has 0 unspecified atom stereocenters. The average Bonchev–Trinajstić information content (AvgIpc) is 3.10. The van der Waals surface area contributed by atoms with E-state index >= 15 is 0 Å². The van der Waals surface area contributed by atoms with Crippen molar-refractivity contribution in [3.05, 3.63) is 62.9 Å². The molecule has 0 aliphatic rings. The average molecular weight is 441 g/mol. The van der Waals surface area contributed by atoms with E-state index in [2.05, 4.69) is 31.4 Å². The second-order valence-corrected chi connectivity index (χ2v) is 7.05. The van der Waals surface area contributed by atoms with Gasteiger partial charge in [-0.05, 0) is 47.5 Å². The lowest BCUT2D eigenvalue weighted by Crippen LogP contribution is -2.20. The summed E-state index contributed by atoms with van der Waals surface area (Å²) < 4.78 is 17.3. The fourth-order valence-electron chi connectivity index (χ4n) is 2.50. The van der Waals surface area contributed by atoms with E-state index < -0.39 is 0 Å². The lowest BCUT2D eigenvalue weighted by atomic mass is 10.2. The normalized spacial score (nSPS) is 11.0. The second kappa shape index (κ2) is 7.59. The third-order valence-electron chi connectivity index (χ3n) is 3.85. The summed E-state index contributed by atoms with van der Waals surface area (Å²) in [5.74, 6) is -0.592. The quantitative estimate of drug-likeness (QED) is 0.653. The van der Waals surface area contributed by atoms with E-state index in [4.69, 9.17) is 11.6 Å². The van der Waals surface area contributed by atoms with E-state index in [0.717, 1.165) is 21.4 Å². The van der Waals surface area contributed by atoms with Gasteiger partial charge in [0.15, 0.2) is 0 Å². The van der Waals surface area contributed by atoms with Crippen LogP contribution in [-0.2, 0) is 17.9 Å². The fourth-order valence-corrected chi connectivity index (χ4v) is 3.02. The van der Waals surface area contributed by atoms with Gasteiger partial charge < -0.3 is 5.32 Å². The third-order valence-corrected chi connectivity index (χ3v) is 5.35. The molecule has 3 aromatic rings. The summed E-state index contributed by atoms with van der Waals surface area (Å²) in [7, 11) is 0. The minimum absolute atomic E-state index is 0.104. The minimum atomic E-state index is -0.386. The number of benzene rings is 1. The monoisotopic (exact) mass is 439 g/mol. The van der Waals surface area contributed by atoms with Crippen molar-refractivity contribution in [1.29, 1.82) is 0 Å². The molecule has 0 atom stereocenters. The van der Waals surface area contributed by atoms with Gasteiger partial charge in [0.05, 0.1) is 34.3 Å². The fraction of sp³-hybridized carbons (Fsp3) is 0.235. The van der Waals surface area contributed by atoms with Crippen molar-refractivity contribution in [3.8, 4) is 0 Å². The zero-order valence-corrected chi connectivity index (χ0v) is 16.5. The Bertz CT molecular complexity index is 968. The van der Waals surface area contributed by atoms with E-state index in [1.54, 1.807) is 27.8 Å². The van der Waals surface area contributed by atoms with Crippen molar-refractivity contribution >= 4 is 39.1 Å². The van der Waals surface area contributed by atoms with Crippen molar-refractivity contribution in [2.75, 3.05) is 5.32 Å². The van der Waals surface area contributed by atoms with Crippen molar-refractivity contribution in [2.45, 2.75) is 26.9 Å². The van der Waals surface area contributed by atoms with Crippen LogP contribution in [-0.4, -0.2) is 25.5 Å². The maximum atomic E-state index is 13.1. The zero-order valence-electron chi connectivity index (χ0n) is 14.1. The summed E-state index contributed by atoms with van der Waals surface area (Å²) >= 11 is 9.47. The van der Waals surface area contributed by atoms with Gasteiger partial charge >= 0.3 is 0 Å². The molecule has 0 fully saturated rings. The molecule has 0 radical (unpaired) electrons. The molecule has 136 valence electrons. The molecular formula is C17H16BrClFN5O. The van der Waals surface area contributed by atoms with Crippen LogP contribution >= 0.6 is 27.5 Å². The SMILES string of the molecule is Cc1nn(CC(=O)Nc2cnn(Cc3ccc(F)cc3Cl)c2)c(C)c1Br. The largest absolute Gasteiger partial charge is 0.322 e. The lowest BCUT2D eigenvalue weighted by Gasteiger charge is -2.06. The molecular weight excluding hydrogens is 425 g/mol. The van der Waals surface area contributed by atoms with Gasteiger partial charge in [0, 0.05) is 11.2 Å². The Hall–Kier alpha value is -2.19. The van der Waals surface area contributed by atoms with Crippen LogP contribution in [0.25, 0.3) is 0 Å². The van der Waals surface area contributed by atoms with Crippen LogP contribution in [0.1, 0.15) is 17.0 Å². The number of anilines is 1. The summed E-state index contributed by atoms with van der Waals surface area (Å²) in [5, 5.41) is 11.6. The van der Waals surface area contributed by atoms with Gasteiger partial charge in [-0.25, -0.2) is 4.39 Å². The highest BCUT2D eigenvalue weighted by Crippen LogP contribution is 2.20. The Morgan fingerprint density at radius 2 is 2.15 bits per heavy atom. The molecule has 1 amide bonds. The summed E-state index contributed by atoms with van der Waals surface area (Å²) in [4.78, 5) is 12.2. The van der Waals surface area contributed by atoms with Gasteiger partial charge in [-0.1, -0.05) is 17.7 Å². The van der Waals surface area contributed by atoms with Crippen LogP contribution in [0.2, 0.25) is 5.02 Å². The molecule has 2 aromatic heterocycles. The highest BCUT2D eigenvalue weighted by Gasteiger charge is 2.13. The van der Waals surface area contributed by atoms with E-state index in [1.807, 2.05) is 13.8 Å². The Morgan fingerprint density at radius 3 is 2.81 bits per heavy atom. The molecule has 2 heterocycles. The van der Waals surface area contributed by atoms with Gasteiger partial charge in [-0.3, -0.25) is 14.2 Å². The van der Waals surface area contributed by atoms with Crippen LogP contribution in [0.5, 0.6) is 0 Å². The number of nitrogens with one attached hydrogen (secondary N) is 1. The molecule has 0 aliphatic carbocycles. The van der Waals surface area contributed by atoms with Crippen LogP contribution in [0.3, 0.4) is 0 Å². The number of aromatic nitrogens is 4. The van der Waals surface area contributed by atoms with Gasteiger partial charge in [0.1, 0.15) is 12.4 Å². The smallest absolute Gasteiger partial charge is 0.246 e. The van der Waals surface area contributed by atoms with E-state index in [-0.39, 0.29) is 18.3 Å². The highest BCUT2D eigenvalue weighted by molar-refractivity contribution is 9.10. The topological polar surface area (TPSA) is 64.7 Å². The molecule has 6 nitrogen and oxygen atoms in total. The van der Waals surface area contributed by atoms with Crippen molar-refractivity contribution in [1.82, 2.24) is 19.6 Å². The molecule has 0 bridgehead atoms. The standard InChI is InChI=1S/C17H16BrClFN5O/c1-10-17(18)11(2)25(23-10)9-16(26)22-14-6-21-24(8-14)7-12-3-4-13(20)5-15(12)19/h3-6,8H,7,9H2,1-2H3,(H,22,26). The molecule has 26 heavy (non-hydrogen) atoms. The van der Waals surface area contributed by atoms with E-state index in [1.165, 1.54) is 12.1 Å². The molecule has 0 aliphatic heterocycles. The van der Waals surface area contributed by atoms with Gasteiger partial charge in [-0.15, -0.1) is 0 Å². The highest BCUT2D eigenvalue weighted by atomic mass is 79.9. The summed E-state index contributed by atoms with van der Waals surface area (Å²) in [5.41, 5.74) is 3.02. The summed E-state index contributed by atoms with van der Waals surface area (Å²) in [6.07, 6.45) is 3.24. The summed E-state index contributed by atoms with van der Waals surface area (Å²) in [6, 6.07) is 4.22. The van der Waals surface area contributed by atoms with Gasteiger partial charge in [-0.2, -0.15) is 10.2 Å². The number of aryl methyl sites for hydroxylation is 1. The molecule has 9 heteroatoms. The van der Waals surface area contributed by atoms with Crippen LogP contribution in [0.4, 0.5) is 10.1 Å². The Labute approximate surface area is 163 Å². The lowest BCUT2D eigenvalue weighted by molar-refractivity contribution is -0.116. The Morgan fingerprint density at radius 1 is 1.38 bits per heavy atom. The third kappa shape index (κ3) is 4.13. The molecule has 3 rings (SSSR count). The minimum Gasteiger partial charge on any atom is -0.322 e. The maximum absolute atomic E-state index is 13.1. The van der Waals surface area contributed by atoms with Crippen LogP contribution < -0.4 is 5.32 Å². The van der Waals surface area contributed by atoms with Crippen LogP contribution in [0, 0.1) is 19.7 Å². The molecule has 1 N–H and O–H groups in total. The van der Waals surface area contributed by atoms with Crippen LogP contribution in [0.15, 0.2) is 35.1 Å². The molecule has 1 aromatic carbocycles. The number of hydrogen-bond acceptors (Lipinski definition) is 3. The van der Waals surface area contributed by atoms with Gasteiger partial charge in [0.2, 0.25) is 5.91 Å². The number of carbonyl (C=O) groups excluding carboxylic acids is 1. The van der Waals surface area contributed by atoms with E-state index in [0.29, 0.717) is 17.3 Å². The van der Waals surface area contributed by atoms with Crippen molar-refractivity contribution in [3.63, 3.8) is 0 Å². The Balaban J connectivity index is 1.64. The number of hydrogen-bond donors (Lipinski definition) is 1. The van der Waals surface area contributed by atoms with Crippen molar-refractivity contribution in [2.24, 2.45) is 0 Å².